The molecule has 1 aliphatic rings. The van der Waals surface area contributed by atoms with Crippen molar-refractivity contribution in [3.05, 3.63) is 0 Å². The van der Waals surface area contributed by atoms with Crippen LogP contribution >= 0.6 is 0 Å². The molecule has 0 heterocycles. The van der Waals surface area contributed by atoms with Gasteiger partial charge in [-0.1, -0.05) is 26.7 Å². The third-order valence-corrected chi connectivity index (χ3v) is 4.76. The molecule has 3 unspecified atom stereocenters. The van der Waals surface area contributed by atoms with Crippen LogP contribution in [0.25, 0.3) is 0 Å². The van der Waals surface area contributed by atoms with Gasteiger partial charge in [-0.3, -0.25) is 4.79 Å². The summed E-state index contributed by atoms with van der Waals surface area (Å²) in [5, 5.41) is 3.14. The molecule has 0 aromatic carbocycles. The third kappa shape index (κ3) is 4.18. The predicted octanol–water partition coefficient (Wildman–Crippen LogP) is 1.60. The quantitative estimate of drug-likeness (QED) is 0.770. The number of carbonyl (C=O) groups excluding carboxylic acids is 1. The molecule has 0 bridgehead atoms. The van der Waals surface area contributed by atoms with E-state index in [4.69, 9.17) is 5.73 Å². The van der Waals surface area contributed by atoms with E-state index in [1.54, 1.807) is 0 Å². The van der Waals surface area contributed by atoms with Crippen LogP contribution < -0.4 is 11.1 Å². The van der Waals surface area contributed by atoms with Gasteiger partial charge in [0.05, 0.1) is 0 Å². The summed E-state index contributed by atoms with van der Waals surface area (Å²) < 4.78 is 0. The van der Waals surface area contributed by atoms with Crippen molar-refractivity contribution in [2.45, 2.75) is 51.5 Å². The van der Waals surface area contributed by atoms with Crippen LogP contribution in [0.1, 0.15) is 46.0 Å². The highest BCUT2D eigenvalue weighted by molar-refractivity contribution is 5.78. The number of nitrogens with zero attached hydrogens (tertiary/aromatic N) is 1. The molecule has 112 valence electrons. The van der Waals surface area contributed by atoms with E-state index < -0.39 is 0 Å². The molecule has 1 saturated carbocycles. The molecule has 4 nitrogen and oxygen atoms in total. The first-order valence-corrected chi connectivity index (χ1v) is 7.60. The van der Waals surface area contributed by atoms with Crippen LogP contribution in [0.5, 0.6) is 0 Å². The van der Waals surface area contributed by atoms with Crippen LogP contribution in [-0.4, -0.2) is 43.5 Å². The lowest BCUT2D eigenvalue weighted by Gasteiger charge is -2.45. The molecular formula is C15H31N3O. The highest BCUT2D eigenvalue weighted by Gasteiger charge is 2.37. The number of carbonyl (C=O) groups is 1. The molecule has 3 N–H and O–H groups in total. The molecule has 0 aromatic heterocycles. The van der Waals surface area contributed by atoms with Gasteiger partial charge in [0.25, 0.3) is 0 Å². The van der Waals surface area contributed by atoms with Crippen molar-refractivity contribution in [3.63, 3.8) is 0 Å². The van der Waals surface area contributed by atoms with Gasteiger partial charge < -0.3 is 16.0 Å². The Kier molecular flexibility index (Phi) is 6.27. The van der Waals surface area contributed by atoms with Gasteiger partial charge in [0, 0.05) is 24.5 Å². The van der Waals surface area contributed by atoms with E-state index in [0.717, 1.165) is 18.9 Å². The maximum atomic E-state index is 12.1. The number of hydrogen-bond donors (Lipinski definition) is 2. The molecule has 19 heavy (non-hydrogen) atoms. The molecule has 0 aliphatic heterocycles. The van der Waals surface area contributed by atoms with Crippen molar-refractivity contribution < 1.29 is 4.79 Å². The minimum atomic E-state index is -0.0415. The molecule has 0 spiro atoms. The van der Waals surface area contributed by atoms with Gasteiger partial charge in [-0.2, -0.15) is 0 Å². The fourth-order valence-corrected chi connectivity index (χ4v) is 3.21. The van der Waals surface area contributed by atoms with Crippen LogP contribution in [0.2, 0.25) is 0 Å². The monoisotopic (exact) mass is 269 g/mol. The van der Waals surface area contributed by atoms with E-state index in [9.17, 15) is 4.79 Å². The van der Waals surface area contributed by atoms with Gasteiger partial charge in [-0.25, -0.2) is 0 Å². The fourth-order valence-electron chi connectivity index (χ4n) is 3.21. The highest BCUT2D eigenvalue weighted by atomic mass is 16.1. The largest absolute Gasteiger partial charge is 0.354 e. The summed E-state index contributed by atoms with van der Waals surface area (Å²) in [5.41, 5.74) is 5.76. The van der Waals surface area contributed by atoms with E-state index >= 15 is 0 Å². The van der Waals surface area contributed by atoms with Crippen molar-refractivity contribution >= 4 is 5.91 Å². The van der Waals surface area contributed by atoms with E-state index in [1.807, 2.05) is 6.92 Å². The smallest absolute Gasteiger partial charge is 0.224 e. The lowest BCUT2D eigenvalue weighted by Crippen LogP contribution is -2.55. The summed E-state index contributed by atoms with van der Waals surface area (Å²) in [6, 6.07) is 0. The number of amides is 1. The van der Waals surface area contributed by atoms with Crippen LogP contribution in [0.4, 0.5) is 0 Å². The number of nitrogens with one attached hydrogen (secondary N) is 1. The molecule has 0 radical (unpaired) electrons. The average molecular weight is 269 g/mol. The maximum absolute atomic E-state index is 12.1. The molecule has 1 amide bonds. The summed E-state index contributed by atoms with van der Waals surface area (Å²) in [4.78, 5) is 14.4. The zero-order valence-electron chi connectivity index (χ0n) is 13.0. The van der Waals surface area contributed by atoms with Crippen molar-refractivity contribution in [2.75, 3.05) is 27.2 Å². The molecule has 0 saturated heterocycles. The molecule has 4 heteroatoms. The zero-order valence-corrected chi connectivity index (χ0v) is 13.0. The Morgan fingerprint density at radius 3 is 2.68 bits per heavy atom. The Balaban J connectivity index is 2.62. The fraction of sp³-hybridized carbons (Fsp3) is 0.933. The van der Waals surface area contributed by atoms with Gasteiger partial charge in [0.2, 0.25) is 5.91 Å². The van der Waals surface area contributed by atoms with Gasteiger partial charge in [0.1, 0.15) is 0 Å². The molecular weight excluding hydrogens is 238 g/mol. The second kappa shape index (κ2) is 7.25. The highest BCUT2D eigenvalue weighted by Crippen LogP contribution is 2.35. The van der Waals surface area contributed by atoms with E-state index in [0.29, 0.717) is 6.54 Å². The Morgan fingerprint density at radius 1 is 1.53 bits per heavy atom. The number of hydrogen-bond acceptors (Lipinski definition) is 3. The molecule has 0 aromatic rings. The normalized spacial score (nSPS) is 29.3. The second-order valence-corrected chi connectivity index (χ2v) is 6.38. The van der Waals surface area contributed by atoms with Gasteiger partial charge in [-0.05, 0) is 39.3 Å². The second-order valence-electron chi connectivity index (χ2n) is 6.38. The lowest BCUT2D eigenvalue weighted by atomic mass is 9.75. The number of rotatable bonds is 6. The zero-order chi connectivity index (χ0) is 14.5. The topological polar surface area (TPSA) is 58.4 Å². The Labute approximate surface area is 118 Å². The SMILES string of the molecule is CCC(CN)C(=O)NCC1(N(C)C)CCCC(C)C1. The summed E-state index contributed by atoms with van der Waals surface area (Å²) in [7, 11) is 4.26. The van der Waals surface area contributed by atoms with Crippen LogP contribution in [0.3, 0.4) is 0 Å². The predicted molar refractivity (Wildman–Crippen MR) is 79.9 cm³/mol. The Bertz CT molecular complexity index is 289. The van der Waals surface area contributed by atoms with E-state index in [2.05, 4.69) is 31.2 Å². The molecule has 1 rings (SSSR count). The van der Waals surface area contributed by atoms with Crippen molar-refractivity contribution in [3.8, 4) is 0 Å². The Hall–Kier alpha value is -0.610. The molecule has 1 aliphatic carbocycles. The minimum absolute atomic E-state index is 0.0415. The van der Waals surface area contributed by atoms with E-state index in [-0.39, 0.29) is 17.4 Å². The van der Waals surface area contributed by atoms with Gasteiger partial charge in [0.15, 0.2) is 0 Å². The van der Waals surface area contributed by atoms with Gasteiger partial charge >= 0.3 is 0 Å². The summed E-state index contributed by atoms with van der Waals surface area (Å²) in [5.74, 6) is 0.814. The summed E-state index contributed by atoms with van der Waals surface area (Å²) in [6.07, 6.45) is 5.71. The summed E-state index contributed by atoms with van der Waals surface area (Å²) >= 11 is 0. The van der Waals surface area contributed by atoms with Crippen molar-refractivity contribution in [2.24, 2.45) is 17.6 Å². The number of likely N-dealkylation sites (N-methyl/N-ethyl adjacent to an activating group) is 1. The first-order valence-electron chi connectivity index (χ1n) is 7.60. The van der Waals surface area contributed by atoms with Crippen LogP contribution in [-0.2, 0) is 4.79 Å². The van der Waals surface area contributed by atoms with Crippen molar-refractivity contribution in [1.82, 2.24) is 10.2 Å². The van der Waals surface area contributed by atoms with E-state index in [1.165, 1.54) is 25.7 Å². The number of nitrogens with two attached hydrogens (primary N) is 1. The third-order valence-electron chi connectivity index (χ3n) is 4.76. The molecule has 1 fully saturated rings. The first kappa shape index (κ1) is 16.4. The first-order chi connectivity index (χ1) is 8.95. The summed E-state index contributed by atoms with van der Waals surface area (Å²) in [6.45, 7) is 5.52. The Morgan fingerprint density at radius 2 is 2.21 bits per heavy atom. The average Bonchev–Trinajstić information content (AvgIpc) is 2.37. The standard InChI is InChI=1S/C15H31N3O/c1-5-13(10-16)14(19)17-11-15(18(3)4)8-6-7-12(2)9-15/h12-13H,5-11,16H2,1-4H3,(H,17,19). The van der Waals surface area contributed by atoms with Crippen LogP contribution in [0.15, 0.2) is 0 Å². The molecule has 3 atom stereocenters. The lowest BCUT2D eigenvalue weighted by molar-refractivity contribution is -0.125. The van der Waals surface area contributed by atoms with Crippen LogP contribution in [0, 0.1) is 11.8 Å². The maximum Gasteiger partial charge on any atom is 0.224 e. The van der Waals surface area contributed by atoms with Crippen molar-refractivity contribution in [1.29, 1.82) is 0 Å². The van der Waals surface area contributed by atoms with Gasteiger partial charge in [-0.15, -0.1) is 0 Å². The minimum Gasteiger partial charge on any atom is -0.354 e.